The lowest BCUT2D eigenvalue weighted by atomic mass is 9.89. The average molecular weight is 293 g/mol. The molecule has 3 N–H and O–H groups in total. The molecule has 0 amide bonds. The highest BCUT2D eigenvalue weighted by atomic mass is 32.1. The molecule has 2 aromatic rings. The summed E-state index contributed by atoms with van der Waals surface area (Å²) >= 11 is 1.72. The lowest BCUT2D eigenvalue weighted by Gasteiger charge is -2.21. The number of aromatic amines is 1. The minimum Gasteiger partial charge on any atom is -0.396 e. The van der Waals surface area contributed by atoms with Gasteiger partial charge in [-0.1, -0.05) is 19.9 Å². The van der Waals surface area contributed by atoms with Gasteiger partial charge in [0.25, 0.3) is 0 Å². The number of hydrogen-bond acceptors (Lipinski definition) is 4. The first kappa shape index (κ1) is 15.2. The van der Waals surface area contributed by atoms with Gasteiger partial charge in [0.2, 0.25) is 0 Å². The Kier molecular flexibility index (Phi) is 5.34. The van der Waals surface area contributed by atoms with Gasteiger partial charge in [0.05, 0.1) is 16.8 Å². The summed E-state index contributed by atoms with van der Waals surface area (Å²) in [5.74, 6) is 0. The Morgan fingerprint density at radius 3 is 3.00 bits per heavy atom. The maximum atomic E-state index is 9.21. The first-order valence-electron chi connectivity index (χ1n) is 7.00. The lowest BCUT2D eigenvalue weighted by molar-refractivity contribution is 0.148. The van der Waals surface area contributed by atoms with Crippen LogP contribution in [0.5, 0.6) is 0 Å². The molecule has 0 aliphatic carbocycles. The van der Waals surface area contributed by atoms with Crippen LogP contribution in [0.25, 0.3) is 10.6 Å². The van der Waals surface area contributed by atoms with Gasteiger partial charge in [0.15, 0.2) is 0 Å². The van der Waals surface area contributed by atoms with Crippen molar-refractivity contribution < 1.29 is 5.11 Å². The summed E-state index contributed by atoms with van der Waals surface area (Å²) in [5, 5.41) is 21.9. The zero-order chi connectivity index (χ0) is 14.4. The number of aliphatic hydroxyl groups is 1. The number of aromatic nitrogens is 2. The molecular formula is C15H23N3OS. The molecule has 0 saturated carbocycles. The van der Waals surface area contributed by atoms with Crippen molar-refractivity contribution >= 4 is 11.3 Å². The molecule has 0 atom stereocenters. The summed E-state index contributed by atoms with van der Waals surface area (Å²) in [6.45, 7) is 6.22. The van der Waals surface area contributed by atoms with E-state index in [0.717, 1.165) is 31.6 Å². The second-order valence-corrected chi connectivity index (χ2v) is 6.80. The van der Waals surface area contributed by atoms with Crippen LogP contribution in [0, 0.1) is 5.41 Å². The topological polar surface area (TPSA) is 60.9 Å². The molecule has 5 heteroatoms. The molecule has 4 nitrogen and oxygen atoms in total. The Bertz CT molecular complexity index is 505. The maximum absolute atomic E-state index is 9.21. The monoisotopic (exact) mass is 293 g/mol. The van der Waals surface area contributed by atoms with Crippen LogP contribution in [-0.2, 0) is 6.54 Å². The van der Waals surface area contributed by atoms with Gasteiger partial charge in [-0.2, -0.15) is 5.10 Å². The molecule has 0 spiro atoms. The lowest BCUT2D eigenvalue weighted by Crippen LogP contribution is -2.21. The third-order valence-corrected chi connectivity index (χ3v) is 4.32. The van der Waals surface area contributed by atoms with Crippen molar-refractivity contribution in [2.45, 2.75) is 33.2 Å². The van der Waals surface area contributed by atoms with Crippen LogP contribution in [0.3, 0.4) is 0 Å². The van der Waals surface area contributed by atoms with E-state index in [-0.39, 0.29) is 12.0 Å². The SMILES string of the molecule is CC(C)(CO)CCCNCc1cn[nH]c1-c1cccs1. The molecule has 0 aliphatic heterocycles. The van der Waals surface area contributed by atoms with Crippen LogP contribution in [0.1, 0.15) is 32.3 Å². The Balaban J connectivity index is 1.77. The fourth-order valence-electron chi connectivity index (χ4n) is 2.07. The zero-order valence-corrected chi connectivity index (χ0v) is 13.0. The number of nitrogens with zero attached hydrogens (tertiary/aromatic N) is 1. The largest absolute Gasteiger partial charge is 0.396 e. The molecule has 0 radical (unpaired) electrons. The molecule has 2 heterocycles. The van der Waals surface area contributed by atoms with Gasteiger partial charge in [-0.15, -0.1) is 11.3 Å². The van der Waals surface area contributed by atoms with Crippen molar-refractivity contribution in [1.29, 1.82) is 0 Å². The van der Waals surface area contributed by atoms with Crippen molar-refractivity contribution in [3.63, 3.8) is 0 Å². The average Bonchev–Trinajstić information content (AvgIpc) is 3.08. The van der Waals surface area contributed by atoms with E-state index in [4.69, 9.17) is 0 Å². The number of aliphatic hydroxyl groups excluding tert-OH is 1. The van der Waals surface area contributed by atoms with Crippen molar-refractivity contribution in [3.8, 4) is 10.6 Å². The van der Waals surface area contributed by atoms with Gasteiger partial charge in [-0.3, -0.25) is 5.10 Å². The van der Waals surface area contributed by atoms with E-state index in [1.807, 2.05) is 6.20 Å². The van der Waals surface area contributed by atoms with Crippen LogP contribution in [-0.4, -0.2) is 28.5 Å². The van der Waals surface area contributed by atoms with Crippen LogP contribution in [0.2, 0.25) is 0 Å². The summed E-state index contributed by atoms with van der Waals surface area (Å²) in [5.41, 5.74) is 2.34. The van der Waals surface area contributed by atoms with Crippen molar-refractivity contribution in [2.75, 3.05) is 13.2 Å². The third kappa shape index (κ3) is 4.16. The van der Waals surface area contributed by atoms with Gasteiger partial charge < -0.3 is 10.4 Å². The van der Waals surface area contributed by atoms with Crippen molar-refractivity contribution in [1.82, 2.24) is 15.5 Å². The fraction of sp³-hybridized carbons (Fsp3) is 0.533. The summed E-state index contributed by atoms with van der Waals surface area (Å²) in [6.07, 6.45) is 3.99. The van der Waals surface area contributed by atoms with E-state index in [1.165, 1.54) is 10.4 Å². The first-order valence-corrected chi connectivity index (χ1v) is 7.88. The number of rotatable bonds is 8. The van der Waals surface area contributed by atoms with Gasteiger partial charge in [-0.05, 0) is 36.2 Å². The summed E-state index contributed by atoms with van der Waals surface area (Å²) in [4.78, 5) is 1.22. The molecule has 2 aromatic heterocycles. The number of H-pyrrole nitrogens is 1. The quantitative estimate of drug-likeness (QED) is 0.656. The first-order chi connectivity index (χ1) is 9.62. The minimum atomic E-state index is 0.0272. The minimum absolute atomic E-state index is 0.0272. The number of nitrogens with one attached hydrogen (secondary N) is 2. The molecule has 0 fully saturated rings. The van der Waals surface area contributed by atoms with E-state index >= 15 is 0 Å². The molecule has 0 aromatic carbocycles. The van der Waals surface area contributed by atoms with E-state index in [0.29, 0.717) is 0 Å². The van der Waals surface area contributed by atoms with E-state index in [2.05, 4.69) is 46.9 Å². The summed E-state index contributed by atoms with van der Waals surface area (Å²) in [6, 6.07) is 4.15. The Morgan fingerprint density at radius 1 is 1.45 bits per heavy atom. The normalized spacial score (nSPS) is 11.9. The number of thiophene rings is 1. The highest BCUT2D eigenvalue weighted by Gasteiger charge is 2.15. The molecule has 0 unspecified atom stereocenters. The molecule has 0 aliphatic rings. The predicted octanol–water partition coefficient (Wildman–Crippen LogP) is 3.03. The molecule has 2 rings (SSSR count). The standard InChI is InChI=1S/C15H23N3OS/c1-15(2,11-19)6-4-7-16-9-12-10-17-18-14(12)13-5-3-8-20-13/h3,5,8,10,16,19H,4,6-7,9,11H2,1-2H3,(H,17,18). The van der Waals surface area contributed by atoms with E-state index in [9.17, 15) is 5.11 Å². The highest BCUT2D eigenvalue weighted by molar-refractivity contribution is 7.13. The third-order valence-electron chi connectivity index (χ3n) is 3.44. The van der Waals surface area contributed by atoms with Gasteiger partial charge >= 0.3 is 0 Å². The van der Waals surface area contributed by atoms with E-state index < -0.39 is 0 Å². The molecular weight excluding hydrogens is 270 g/mol. The fourth-order valence-corrected chi connectivity index (χ4v) is 2.83. The molecule has 110 valence electrons. The second-order valence-electron chi connectivity index (χ2n) is 5.85. The highest BCUT2D eigenvalue weighted by Crippen LogP contribution is 2.25. The molecule has 0 saturated heterocycles. The van der Waals surface area contributed by atoms with Gasteiger partial charge in [-0.25, -0.2) is 0 Å². The summed E-state index contributed by atoms with van der Waals surface area (Å²) in [7, 11) is 0. The van der Waals surface area contributed by atoms with Crippen LogP contribution >= 0.6 is 11.3 Å². The Labute approximate surface area is 124 Å². The number of hydrogen-bond donors (Lipinski definition) is 3. The maximum Gasteiger partial charge on any atom is 0.0794 e. The zero-order valence-electron chi connectivity index (χ0n) is 12.1. The summed E-state index contributed by atoms with van der Waals surface area (Å²) < 4.78 is 0. The van der Waals surface area contributed by atoms with E-state index in [1.54, 1.807) is 11.3 Å². The van der Waals surface area contributed by atoms with Gasteiger partial charge in [0.1, 0.15) is 0 Å². The molecule has 20 heavy (non-hydrogen) atoms. The van der Waals surface area contributed by atoms with Crippen molar-refractivity contribution in [2.24, 2.45) is 5.41 Å². The van der Waals surface area contributed by atoms with Crippen LogP contribution in [0.15, 0.2) is 23.7 Å². The van der Waals surface area contributed by atoms with Crippen LogP contribution < -0.4 is 5.32 Å². The predicted molar refractivity (Wildman–Crippen MR) is 83.7 cm³/mol. The molecule has 0 bridgehead atoms. The second kappa shape index (κ2) is 7.02. The van der Waals surface area contributed by atoms with Crippen molar-refractivity contribution in [3.05, 3.63) is 29.3 Å². The van der Waals surface area contributed by atoms with Crippen LogP contribution in [0.4, 0.5) is 0 Å². The van der Waals surface area contributed by atoms with Gasteiger partial charge in [0, 0.05) is 18.7 Å². The Morgan fingerprint density at radius 2 is 2.30 bits per heavy atom. The Hall–Kier alpha value is -1.17. The smallest absolute Gasteiger partial charge is 0.0794 e.